The van der Waals surface area contributed by atoms with E-state index < -0.39 is 23.2 Å². The molecule has 0 spiro atoms. The lowest BCUT2D eigenvalue weighted by Crippen LogP contribution is -2.47. The molecule has 216 valence electrons. The Kier molecular flexibility index (Phi) is 9.45. The quantitative estimate of drug-likeness (QED) is 0.246. The topological polar surface area (TPSA) is 106 Å². The van der Waals surface area contributed by atoms with Crippen LogP contribution < -0.4 is 10.1 Å². The van der Waals surface area contributed by atoms with Gasteiger partial charge in [0.2, 0.25) is 5.90 Å². The normalized spacial score (nSPS) is 18.3. The molecule has 0 bridgehead atoms. The molecule has 2 N–H and O–H groups in total. The minimum absolute atomic E-state index is 0.0128. The Labute approximate surface area is 241 Å². The van der Waals surface area contributed by atoms with Crippen molar-refractivity contribution in [1.29, 1.82) is 0 Å². The molecule has 41 heavy (non-hydrogen) atoms. The van der Waals surface area contributed by atoms with E-state index in [1.165, 1.54) is 0 Å². The van der Waals surface area contributed by atoms with Crippen molar-refractivity contribution in [3.8, 4) is 16.9 Å². The molecule has 1 heterocycles. The van der Waals surface area contributed by atoms with E-state index in [-0.39, 0.29) is 25.4 Å². The Morgan fingerprint density at radius 1 is 0.951 bits per heavy atom. The van der Waals surface area contributed by atoms with Crippen LogP contribution in [0, 0.1) is 0 Å². The maximum Gasteiger partial charge on any atom is 0.306 e. The Morgan fingerprint density at radius 2 is 1.59 bits per heavy atom. The summed E-state index contributed by atoms with van der Waals surface area (Å²) in [5.74, 6) is 0.192. The number of aliphatic hydroxyl groups excluding tert-OH is 1. The molecule has 0 aliphatic carbocycles. The Balaban J connectivity index is 1.69. The molecule has 0 aromatic heterocycles. The van der Waals surface area contributed by atoms with Gasteiger partial charge in [-0.25, -0.2) is 4.99 Å². The molecule has 3 aromatic carbocycles. The van der Waals surface area contributed by atoms with Crippen molar-refractivity contribution in [1.82, 2.24) is 5.32 Å². The molecule has 1 aliphatic heterocycles. The lowest BCUT2D eigenvalue weighted by molar-refractivity contribution is -0.155. The maximum atomic E-state index is 13.6. The molecule has 1 aliphatic rings. The van der Waals surface area contributed by atoms with Gasteiger partial charge in [-0.15, -0.1) is 0 Å². The van der Waals surface area contributed by atoms with Gasteiger partial charge in [0, 0.05) is 32.1 Å². The second-order valence-electron chi connectivity index (χ2n) is 10.9. The number of esters is 1. The highest BCUT2D eigenvalue weighted by Crippen LogP contribution is 2.43. The SMILES string of the molecule is CNC(=O)[C@]1(CCC(=O)OC(C)(C)C)N=C(c2ccc(OCCCO)cc2)O[C@@H]1c1ccc(-c2ccccc2)cc1. The van der Waals surface area contributed by atoms with Gasteiger partial charge in [-0.3, -0.25) is 9.59 Å². The second-order valence-corrected chi connectivity index (χ2v) is 10.9. The number of nitrogens with one attached hydrogen (secondary N) is 1. The summed E-state index contributed by atoms with van der Waals surface area (Å²) < 4.78 is 17.6. The molecule has 0 fully saturated rings. The van der Waals surface area contributed by atoms with Gasteiger partial charge in [-0.1, -0.05) is 54.6 Å². The summed E-state index contributed by atoms with van der Waals surface area (Å²) in [6.45, 7) is 5.88. The fraction of sp³-hybridized carbons (Fsp3) is 0.364. The summed E-state index contributed by atoms with van der Waals surface area (Å²) in [7, 11) is 1.55. The minimum Gasteiger partial charge on any atom is -0.494 e. The smallest absolute Gasteiger partial charge is 0.306 e. The standard InChI is InChI=1S/C33H38N2O6/c1-32(2,3)41-28(37)19-20-33(31(38)34-4)29(25-13-11-24(12-14-25)23-9-6-5-7-10-23)40-30(35-33)26-15-17-27(18-16-26)39-22-8-21-36/h5-7,9-18,29,36H,8,19-22H2,1-4H3,(H,34,38)/t29-,33-/m1/s1. The fourth-order valence-corrected chi connectivity index (χ4v) is 4.75. The van der Waals surface area contributed by atoms with Crippen LogP contribution in [0.3, 0.4) is 0 Å². The third kappa shape index (κ3) is 7.32. The summed E-state index contributed by atoms with van der Waals surface area (Å²) in [4.78, 5) is 31.2. The van der Waals surface area contributed by atoms with Crippen LogP contribution in [0.1, 0.15) is 57.3 Å². The molecule has 4 rings (SSSR count). The molecule has 0 saturated heterocycles. The number of likely N-dealkylation sites (N-methyl/N-ethyl adjacent to an activating group) is 1. The number of amides is 1. The van der Waals surface area contributed by atoms with Gasteiger partial charge in [-0.2, -0.15) is 0 Å². The number of hydrogen-bond donors (Lipinski definition) is 2. The summed E-state index contributed by atoms with van der Waals surface area (Å²) in [5, 5.41) is 11.7. The minimum atomic E-state index is -1.40. The van der Waals surface area contributed by atoms with E-state index in [0.717, 1.165) is 16.7 Å². The summed E-state index contributed by atoms with van der Waals surface area (Å²) in [5.41, 5.74) is 1.50. The predicted molar refractivity (Wildman–Crippen MR) is 158 cm³/mol. The zero-order valence-electron chi connectivity index (χ0n) is 24.1. The van der Waals surface area contributed by atoms with Crippen LogP contribution in [-0.2, 0) is 19.1 Å². The van der Waals surface area contributed by atoms with Crippen molar-refractivity contribution in [2.24, 2.45) is 4.99 Å². The maximum absolute atomic E-state index is 13.6. The van der Waals surface area contributed by atoms with E-state index in [4.69, 9.17) is 24.3 Å². The van der Waals surface area contributed by atoms with Crippen molar-refractivity contribution >= 4 is 17.8 Å². The third-order valence-electron chi connectivity index (χ3n) is 6.71. The van der Waals surface area contributed by atoms with Gasteiger partial charge >= 0.3 is 5.97 Å². The number of aliphatic hydroxyl groups is 1. The largest absolute Gasteiger partial charge is 0.494 e. The first-order chi connectivity index (χ1) is 19.6. The summed E-state index contributed by atoms with van der Waals surface area (Å²) >= 11 is 0. The van der Waals surface area contributed by atoms with Gasteiger partial charge in [0.15, 0.2) is 11.6 Å². The molecule has 8 heteroatoms. The third-order valence-corrected chi connectivity index (χ3v) is 6.71. The van der Waals surface area contributed by atoms with Crippen LogP contribution >= 0.6 is 0 Å². The highest BCUT2D eigenvalue weighted by Gasteiger charge is 2.53. The highest BCUT2D eigenvalue weighted by molar-refractivity contribution is 6.01. The zero-order chi connectivity index (χ0) is 29.5. The van der Waals surface area contributed by atoms with E-state index in [1.54, 1.807) is 19.2 Å². The fourth-order valence-electron chi connectivity index (χ4n) is 4.75. The number of benzene rings is 3. The van der Waals surface area contributed by atoms with E-state index >= 15 is 0 Å². The molecule has 1 amide bonds. The number of aliphatic imine (C=N–C) groups is 1. The predicted octanol–water partition coefficient (Wildman–Crippen LogP) is 5.24. The second kappa shape index (κ2) is 13.0. The first kappa shape index (κ1) is 29.8. The Bertz CT molecular complexity index is 1350. The van der Waals surface area contributed by atoms with E-state index in [2.05, 4.69) is 5.32 Å². The van der Waals surface area contributed by atoms with Crippen LogP contribution in [0.15, 0.2) is 83.9 Å². The van der Waals surface area contributed by atoms with Crippen molar-refractivity contribution in [2.75, 3.05) is 20.3 Å². The molecular weight excluding hydrogens is 520 g/mol. The Morgan fingerprint density at radius 3 is 2.20 bits per heavy atom. The average Bonchev–Trinajstić information content (AvgIpc) is 3.37. The van der Waals surface area contributed by atoms with Gasteiger partial charge in [0.25, 0.3) is 5.91 Å². The molecule has 3 aromatic rings. The number of rotatable bonds is 11. The molecule has 0 radical (unpaired) electrons. The van der Waals surface area contributed by atoms with Crippen LogP contribution in [0.2, 0.25) is 0 Å². The first-order valence-electron chi connectivity index (χ1n) is 13.9. The molecular formula is C33H38N2O6. The first-order valence-corrected chi connectivity index (χ1v) is 13.9. The Hall–Kier alpha value is -4.17. The van der Waals surface area contributed by atoms with E-state index in [9.17, 15) is 9.59 Å². The molecule has 8 nitrogen and oxygen atoms in total. The highest BCUT2D eigenvalue weighted by atomic mass is 16.6. The van der Waals surface area contributed by atoms with Gasteiger partial charge in [0.05, 0.1) is 6.61 Å². The van der Waals surface area contributed by atoms with Gasteiger partial charge in [0.1, 0.15) is 11.4 Å². The van der Waals surface area contributed by atoms with Crippen molar-refractivity contribution in [3.05, 3.63) is 90.0 Å². The lowest BCUT2D eigenvalue weighted by Gasteiger charge is -2.30. The number of nitrogens with zero attached hydrogens (tertiary/aromatic N) is 1. The number of hydrogen-bond acceptors (Lipinski definition) is 7. The summed E-state index contributed by atoms with van der Waals surface area (Å²) in [6, 6.07) is 25.1. The van der Waals surface area contributed by atoms with E-state index in [0.29, 0.717) is 30.2 Å². The number of carbonyl (C=O) groups excluding carboxylic acids is 2. The number of ether oxygens (including phenoxy) is 3. The lowest BCUT2D eigenvalue weighted by atomic mass is 9.83. The van der Waals surface area contributed by atoms with Gasteiger partial charge in [-0.05, 0) is 68.1 Å². The molecule has 2 atom stereocenters. The van der Waals surface area contributed by atoms with Crippen molar-refractivity contribution in [3.63, 3.8) is 0 Å². The van der Waals surface area contributed by atoms with Crippen molar-refractivity contribution < 1.29 is 28.9 Å². The van der Waals surface area contributed by atoms with Gasteiger partial charge < -0.3 is 24.6 Å². The number of carbonyl (C=O) groups is 2. The van der Waals surface area contributed by atoms with Crippen LogP contribution in [0.5, 0.6) is 5.75 Å². The van der Waals surface area contributed by atoms with Crippen LogP contribution in [-0.4, -0.2) is 54.3 Å². The summed E-state index contributed by atoms with van der Waals surface area (Å²) in [6.07, 6.45) is -0.154. The molecule has 0 saturated carbocycles. The van der Waals surface area contributed by atoms with Crippen LogP contribution in [0.4, 0.5) is 0 Å². The molecule has 0 unspecified atom stereocenters. The van der Waals surface area contributed by atoms with Crippen molar-refractivity contribution in [2.45, 2.75) is 57.3 Å². The average molecular weight is 559 g/mol. The van der Waals surface area contributed by atoms with E-state index in [1.807, 2.05) is 87.5 Å². The monoisotopic (exact) mass is 558 g/mol. The zero-order valence-corrected chi connectivity index (χ0v) is 24.1. The van der Waals surface area contributed by atoms with Crippen LogP contribution in [0.25, 0.3) is 11.1 Å².